The molecule has 30 heavy (non-hydrogen) atoms. The van der Waals surface area contributed by atoms with Crippen LogP contribution in [0.2, 0.25) is 0 Å². The van der Waals surface area contributed by atoms with Crippen LogP contribution >= 0.6 is 0 Å². The maximum Gasteiger partial charge on any atom is 0.433 e. The molecule has 0 spiro atoms. The molecular weight excluding hydrogens is 397 g/mol. The normalized spacial score (nSPS) is 15.9. The minimum absolute atomic E-state index is 0.136. The Morgan fingerprint density at radius 2 is 2.00 bits per heavy atom. The average Bonchev–Trinajstić information content (AvgIpc) is 3.19. The van der Waals surface area contributed by atoms with E-state index in [-0.39, 0.29) is 17.6 Å². The van der Waals surface area contributed by atoms with E-state index >= 15 is 0 Å². The molecule has 4 heterocycles. The molecule has 1 atom stereocenters. The Morgan fingerprint density at radius 3 is 2.77 bits per heavy atom. The van der Waals surface area contributed by atoms with Crippen LogP contribution in [-0.4, -0.2) is 25.7 Å². The highest BCUT2D eigenvalue weighted by Gasteiger charge is 2.33. The van der Waals surface area contributed by atoms with Gasteiger partial charge >= 0.3 is 6.18 Å². The van der Waals surface area contributed by atoms with Crippen molar-refractivity contribution in [2.75, 3.05) is 0 Å². The highest BCUT2D eigenvalue weighted by molar-refractivity contribution is 5.94. The van der Waals surface area contributed by atoms with Gasteiger partial charge < -0.3 is 5.32 Å². The largest absolute Gasteiger partial charge is 0.433 e. The van der Waals surface area contributed by atoms with Crippen LogP contribution in [0.25, 0.3) is 11.3 Å². The van der Waals surface area contributed by atoms with E-state index in [1.54, 1.807) is 10.7 Å². The van der Waals surface area contributed by atoms with Crippen LogP contribution in [0.4, 0.5) is 13.2 Å². The van der Waals surface area contributed by atoms with Crippen molar-refractivity contribution >= 4 is 5.91 Å². The van der Waals surface area contributed by atoms with Gasteiger partial charge in [-0.15, -0.1) is 0 Å². The molecule has 1 amide bonds. The van der Waals surface area contributed by atoms with Crippen LogP contribution in [-0.2, 0) is 12.7 Å². The van der Waals surface area contributed by atoms with Gasteiger partial charge in [-0.25, -0.2) is 4.98 Å². The number of hydrogen-bond acceptors (Lipinski definition) is 5. The first kappa shape index (κ1) is 19.6. The number of nitrogens with one attached hydrogen (secondary N) is 1. The molecule has 0 aliphatic carbocycles. The van der Waals surface area contributed by atoms with Crippen molar-refractivity contribution in [3.8, 4) is 17.3 Å². The van der Waals surface area contributed by atoms with Crippen molar-refractivity contribution in [1.82, 2.24) is 25.1 Å². The van der Waals surface area contributed by atoms with E-state index in [9.17, 15) is 18.0 Å². The monoisotopic (exact) mass is 412 g/mol. The molecule has 0 bridgehead atoms. The van der Waals surface area contributed by atoms with Crippen molar-refractivity contribution < 1.29 is 18.0 Å². The van der Waals surface area contributed by atoms with Crippen molar-refractivity contribution in [1.29, 1.82) is 5.26 Å². The van der Waals surface area contributed by atoms with Crippen molar-refractivity contribution in [3.05, 3.63) is 65.4 Å². The second kappa shape index (κ2) is 7.59. The van der Waals surface area contributed by atoms with Crippen molar-refractivity contribution in [2.24, 2.45) is 0 Å². The van der Waals surface area contributed by atoms with E-state index in [1.807, 2.05) is 6.07 Å². The van der Waals surface area contributed by atoms with Crippen LogP contribution in [0.15, 0.2) is 42.7 Å². The van der Waals surface area contributed by atoms with Gasteiger partial charge in [0.15, 0.2) is 0 Å². The Kier molecular flexibility index (Phi) is 4.95. The Labute approximate surface area is 169 Å². The Morgan fingerprint density at radius 1 is 1.20 bits per heavy atom. The second-order valence-corrected chi connectivity index (χ2v) is 6.81. The summed E-state index contributed by atoms with van der Waals surface area (Å²) in [5, 5.41) is 16.3. The first-order valence-electron chi connectivity index (χ1n) is 9.13. The highest BCUT2D eigenvalue weighted by Crippen LogP contribution is 2.32. The van der Waals surface area contributed by atoms with Crippen molar-refractivity contribution in [2.45, 2.75) is 31.6 Å². The summed E-state index contributed by atoms with van der Waals surface area (Å²) in [6.07, 6.45) is -0.636. The van der Waals surface area contributed by atoms with Gasteiger partial charge in [-0.3, -0.25) is 14.5 Å². The number of rotatable bonds is 3. The molecule has 0 saturated carbocycles. The predicted molar refractivity (Wildman–Crippen MR) is 98.9 cm³/mol. The van der Waals surface area contributed by atoms with Gasteiger partial charge in [0.1, 0.15) is 17.5 Å². The van der Waals surface area contributed by atoms with Gasteiger partial charge in [0.2, 0.25) is 0 Å². The molecule has 3 aromatic heterocycles. The smallest absolute Gasteiger partial charge is 0.344 e. The number of nitriles is 1. The summed E-state index contributed by atoms with van der Waals surface area (Å²) in [7, 11) is 0. The van der Waals surface area contributed by atoms with Crippen LogP contribution in [0, 0.1) is 11.3 Å². The summed E-state index contributed by atoms with van der Waals surface area (Å²) >= 11 is 0. The summed E-state index contributed by atoms with van der Waals surface area (Å²) in [6, 6.07) is 8.56. The lowest BCUT2D eigenvalue weighted by Crippen LogP contribution is -2.32. The Hall–Kier alpha value is -3.74. The second-order valence-electron chi connectivity index (χ2n) is 6.81. The van der Waals surface area contributed by atoms with Crippen LogP contribution in [0.3, 0.4) is 0 Å². The van der Waals surface area contributed by atoms with Crippen LogP contribution in [0.5, 0.6) is 0 Å². The number of amides is 1. The number of aryl methyl sites for hydroxylation is 1. The van der Waals surface area contributed by atoms with E-state index in [0.717, 1.165) is 18.7 Å². The fourth-order valence-corrected chi connectivity index (χ4v) is 3.39. The first-order valence-corrected chi connectivity index (χ1v) is 9.13. The van der Waals surface area contributed by atoms with E-state index in [2.05, 4.69) is 20.4 Å². The Balaban J connectivity index is 1.60. The van der Waals surface area contributed by atoms with Crippen molar-refractivity contribution in [3.63, 3.8) is 0 Å². The number of nitrogens with zero attached hydrogens (tertiary/aromatic N) is 5. The minimum Gasteiger partial charge on any atom is -0.344 e. The lowest BCUT2D eigenvalue weighted by molar-refractivity contribution is -0.141. The molecular formula is C20H15F3N6O. The standard InChI is InChI=1S/C20H15F3N6O/c21-20(22,23)18-9-12(3-6-26-18)16-10-17-15(2-1-7-29(17)28-16)27-19(30)13-4-5-25-14(8-13)11-24/h3-6,8-10,15H,1-2,7H2,(H,27,30)/t15-/m0/s1. The molecule has 4 rings (SSSR count). The van der Waals surface area contributed by atoms with E-state index < -0.39 is 11.9 Å². The first-order chi connectivity index (χ1) is 14.3. The van der Waals surface area contributed by atoms with E-state index in [0.29, 0.717) is 35.5 Å². The maximum absolute atomic E-state index is 13.0. The number of carbonyl (C=O) groups excluding carboxylic acids is 1. The quantitative estimate of drug-likeness (QED) is 0.710. The van der Waals surface area contributed by atoms with Gasteiger partial charge in [0.25, 0.3) is 5.91 Å². The number of carbonyl (C=O) groups is 1. The molecule has 0 saturated heterocycles. The number of fused-ring (bicyclic) bond motifs is 1. The third-order valence-corrected chi connectivity index (χ3v) is 4.82. The molecule has 0 aromatic carbocycles. The summed E-state index contributed by atoms with van der Waals surface area (Å²) in [4.78, 5) is 19.8. The number of aromatic nitrogens is 4. The summed E-state index contributed by atoms with van der Waals surface area (Å²) in [6.45, 7) is 0.604. The Bertz CT molecular complexity index is 1150. The van der Waals surface area contributed by atoms with E-state index in [1.165, 1.54) is 24.4 Å². The van der Waals surface area contributed by atoms with Crippen LogP contribution < -0.4 is 5.32 Å². The van der Waals surface area contributed by atoms with Gasteiger partial charge in [0, 0.05) is 30.1 Å². The lowest BCUT2D eigenvalue weighted by Gasteiger charge is -2.24. The molecule has 1 aliphatic rings. The zero-order chi connectivity index (χ0) is 21.3. The fourth-order valence-electron chi connectivity index (χ4n) is 3.39. The van der Waals surface area contributed by atoms with Crippen LogP contribution in [0.1, 0.15) is 46.3 Å². The van der Waals surface area contributed by atoms with E-state index in [4.69, 9.17) is 5.26 Å². The zero-order valence-electron chi connectivity index (χ0n) is 15.5. The lowest BCUT2D eigenvalue weighted by atomic mass is 10.0. The molecule has 0 radical (unpaired) electrons. The molecule has 0 unspecified atom stereocenters. The third-order valence-electron chi connectivity index (χ3n) is 4.82. The number of alkyl halides is 3. The minimum atomic E-state index is -4.54. The SMILES string of the molecule is N#Cc1cc(C(=O)N[C@H]2CCCn3nc(-c4ccnc(C(F)(F)F)c4)cc32)ccn1. The van der Waals surface area contributed by atoms with Gasteiger partial charge in [-0.1, -0.05) is 0 Å². The number of pyridine rings is 2. The average molecular weight is 412 g/mol. The molecule has 10 heteroatoms. The topological polar surface area (TPSA) is 96.5 Å². The molecule has 1 N–H and O–H groups in total. The molecule has 152 valence electrons. The summed E-state index contributed by atoms with van der Waals surface area (Å²) in [5.41, 5.74) is 0.859. The van der Waals surface area contributed by atoms with Gasteiger partial charge in [-0.05, 0) is 43.2 Å². The van der Waals surface area contributed by atoms with Gasteiger partial charge in [0.05, 0.1) is 17.4 Å². The van der Waals surface area contributed by atoms with Gasteiger partial charge in [-0.2, -0.15) is 23.5 Å². The predicted octanol–water partition coefficient (Wildman–Crippen LogP) is 3.50. The number of halogens is 3. The maximum atomic E-state index is 13.0. The number of hydrogen-bond donors (Lipinski definition) is 1. The molecule has 1 aliphatic heterocycles. The zero-order valence-corrected chi connectivity index (χ0v) is 15.5. The summed E-state index contributed by atoms with van der Waals surface area (Å²) < 4.78 is 40.6. The summed E-state index contributed by atoms with van der Waals surface area (Å²) in [5.74, 6) is -0.363. The highest BCUT2D eigenvalue weighted by atomic mass is 19.4. The fraction of sp³-hybridized carbons (Fsp3) is 0.250. The molecule has 0 fully saturated rings. The third kappa shape index (κ3) is 3.87. The molecule has 3 aromatic rings. The molecule has 7 nitrogen and oxygen atoms in total.